The van der Waals surface area contributed by atoms with Crippen molar-refractivity contribution in [3.8, 4) is 0 Å². The van der Waals surface area contributed by atoms with Crippen LogP contribution in [0.3, 0.4) is 0 Å². The molecular formula is C15H15ClN2O2S. The number of pyridine rings is 1. The van der Waals surface area contributed by atoms with Gasteiger partial charge in [0.05, 0.1) is 5.69 Å². The van der Waals surface area contributed by atoms with Crippen molar-refractivity contribution in [1.82, 2.24) is 4.98 Å². The van der Waals surface area contributed by atoms with E-state index in [-0.39, 0.29) is 10.0 Å². The molecule has 1 aromatic heterocycles. The number of aromatic nitrogens is 1. The van der Waals surface area contributed by atoms with Gasteiger partial charge in [0.25, 0.3) is 10.0 Å². The first-order valence-corrected chi connectivity index (χ1v) is 8.68. The number of hydrogen-bond acceptors (Lipinski definition) is 3. The van der Waals surface area contributed by atoms with Crippen molar-refractivity contribution in [2.24, 2.45) is 0 Å². The molecule has 2 aromatic rings. The molecule has 6 heteroatoms. The molecule has 110 valence electrons. The van der Waals surface area contributed by atoms with Gasteiger partial charge in [0.1, 0.15) is 10.0 Å². The van der Waals surface area contributed by atoms with Gasteiger partial charge in [0, 0.05) is 6.20 Å². The molecule has 0 spiro atoms. The molecule has 0 bridgehead atoms. The van der Waals surface area contributed by atoms with Crippen LogP contribution < -0.4 is 4.72 Å². The summed E-state index contributed by atoms with van der Waals surface area (Å²) in [5, 5.41) is -0.0187. The topological polar surface area (TPSA) is 59.1 Å². The quantitative estimate of drug-likeness (QED) is 0.881. The molecule has 0 atom stereocenters. The zero-order valence-electron chi connectivity index (χ0n) is 11.3. The van der Waals surface area contributed by atoms with Gasteiger partial charge >= 0.3 is 0 Å². The molecule has 1 aromatic carbocycles. The van der Waals surface area contributed by atoms with Gasteiger partial charge in [-0.05, 0) is 55.0 Å². The number of sulfonamides is 1. The SMILES string of the molecule is O=S(=O)(Nc1cccc2c1CCCC2)c1cccnc1Cl. The number of hydrogen-bond donors (Lipinski definition) is 1. The normalized spacial score (nSPS) is 14.5. The van der Waals surface area contributed by atoms with Crippen LogP contribution in [0.25, 0.3) is 0 Å². The number of fused-ring (bicyclic) bond motifs is 1. The smallest absolute Gasteiger partial charge is 0.264 e. The van der Waals surface area contributed by atoms with E-state index in [0.29, 0.717) is 5.69 Å². The average molecular weight is 323 g/mol. The highest BCUT2D eigenvalue weighted by molar-refractivity contribution is 7.92. The van der Waals surface area contributed by atoms with Gasteiger partial charge in [-0.15, -0.1) is 0 Å². The molecule has 4 nitrogen and oxygen atoms in total. The van der Waals surface area contributed by atoms with Gasteiger partial charge in [0.2, 0.25) is 0 Å². The summed E-state index contributed by atoms with van der Waals surface area (Å²) in [4.78, 5) is 3.82. The van der Waals surface area contributed by atoms with E-state index in [2.05, 4.69) is 15.8 Å². The average Bonchev–Trinajstić information content (AvgIpc) is 2.47. The number of rotatable bonds is 3. The molecule has 0 fully saturated rings. The number of halogens is 1. The third-order valence-electron chi connectivity index (χ3n) is 3.65. The van der Waals surface area contributed by atoms with Crippen LogP contribution in [0.5, 0.6) is 0 Å². The third-order valence-corrected chi connectivity index (χ3v) is 5.46. The van der Waals surface area contributed by atoms with Crippen molar-refractivity contribution in [1.29, 1.82) is 0 Å². The maximum Gasteiger partial charge on any atom is 0.264 e. The molecular weight excluding hydrogens is 308 g/mol. The summed E-state index contributed by atoms with van der Waals surface area (Å²) >= 11 is 5.89. The lowest BCUT2D eigenvalue weighted by molar-refractivity contribution is 0.600. The molecule has 1 aliphatic rings. The van der Waals surface area contributed by atoms with E-state index < -0.39 is 10.0 Å². The first-order valence-electron chi connectivity index (χ1n) is 6.82. The fourth-order valence-corrected chi connectivity index (χ4v) is 4.20. The van der Waals surface area contributed by atoms with Crippen LogP contribution in [0, 0.1) is 0 Å². The van der Waals surface area contributed by atoms with Crippen LogP contribution in [0.4, 0.5) is 5.69 Å². The minimum absolute atomic E-state index is 0.0000733. The predicted octanol–water partition coefficient (Wildman–Crippen LogP) is 3.41. The predicted molar refractivity (Wildman–Crippen MR) is 83.1 cm³/mol. The van der Waals surface area contributed by atoms with E-state index >= 15 is 0 Å². The molecule has 1 heterocycles. The summed E-state index contributed by atoms with van der Waals surface area (Å²) in [7, 11) is -3.72. The van der Waals surface area contributed by atoms with Gasteiger partial charge in [-0.2, -0.15) is 0 Å². The van der Waals surface area contributed by atoms with E-state index in [1.807, 2.05) is 6.07 Å². The second-order valence-electron chi connectivity index (χ2n) is 5.05. The van der Waals surface area contributed by atoms with Crippen LogP contribution in [0.1, 0.15) is 24.0 Å². The van der Waals surface area contributed by atoms with Crippen molar-refractivity contribution >= 4 is 27.3 Å². The van der Waals surface area contributed by atoms with E-state index in [4.69, 9.17) is 11.6 Å². The fraction of sp³-hybridized carbons (Fsp3) is 0.267. The number of benzene rings is 1. The summed E-state index contributed by atoms with van der Waals surface area (Å²) in [6.45, 7) is 0. The highest BCUT2D eigenvalue weighted by Crippen LogP contribution is 2.30. The lowest BCUT2D eigenvalue weighted by Gasteiger charge is -2.20. The molecule has 0 radical (unpaired) electrons. The van der Waals surface area contributed by atoms with Gasteiger partial charge in [-0.1, -0.05) is 23.7 Å². The van der Waals surface area contributed by atoms with Crippen molar-refractivity contribution in [2.75, 3.05) is 4.72 Å². The largest absolute Gasteiger partial charge is 0.279 e. The molecule has 21 heavy (non-hydrogen) atoms. The summed E-state index contributed by atoms with van der Waals surface area (Å²) in [5.41, 5.74) is 2.96. The van der Waals surface area contributed by atoms with Crippen LogP contribution >= 0.6 is 11.6 Å². The summed E-state index contributed by atoms with van der Waals surface area (Å²) < 4.78 is 27.6. The lowest BCUT2D eigenvalue weighted by atomic mass is 9.91. The first-order chi connectivity index (χ1) is 10.1. The van der Waals surface area contributed by atoms with Crippen molar-refractivity contribution in [3.63, 3.8) is 0 Å². The highest BCUT2D eigenvalue weighted by Gasteiger charge is 2.21. The van der Waals surface area contributed by atoms with Gasteiger partial charge in [-0.3, -0.25) is 4.72 Å². The molecule has 3 rings (SSSR count). The number of anilines is 1. The Morgan fingerprint density at radius 3 is 2.71 bits per heavy atom. The number of aryl methyl sites for hydroxylation is 1. The Morgan fingerprint density at radius 1 is 1.10 bits per heavy atom. The number of nitrogens with one attached hydrogen (secondary N) is 1. The highest BCUT2D eigenvalue weighted by atomic mass is 35.5. The Labute approximate surface area is 129 Å². The van der Waals surface area contributed by atoms with Crippen LogP contribution in [0.2, 0.25) is 5.15 Å². The molecule has 0 unspecified atom stereocenters. The minimum Gasteiger partial charge on any atom is -0.279 e. The van der Waals surface area contributed by atoms with E-state index in [1.165, 1.54) is 17.8 Å². The molecule has 0 amide bonds. The Bertz CT molecular complexity index is 775. The van der Waals surface area contributed by atoms with Crippen LogP contribution in [-0.2, 0) is 22.9 Å². The monoisotopic (exact) mass is 322 g/mol. The Hall–Kier alpha value is -1.59. The molecule has 0 aliphatic heterocycles. The molecule has 0 saturated carbocycles. The van der Waals surface area contributed by atoms with Gasteiger partial charge < -0.3 is 0 Å². The van der Waals surface area contributed by atoms with Crippen LogP contribution in [0.15, 0.2) is 41.4 Å². The Morgan fingerprint density at radius 2 is 1.90 bits per heavy atom. The lowest BCUT2D eigenvalue weighted by Crippen LogP contribution is -2.16. The molecule has 0 saturated heterocycles. The van der Waals surface area contributed by atoms with Gasteiger partial charge in [0.15, 0.2) is 0 Å². The fourth-order valence-electron chi connectivity index (χ4n) is 2.65. The first kappa shape index (κ1) is 14.4. The van der Waals surface area contributed by atoms with E-state index in [0.717, 1.165) is 31.2 Å². The van der Waals surface area contributed by atoms with Crippen LogP contribution in [-0.4, -0.2) is 13.4 Å². The van der Waals surface area contributed by atoms with Crippen molar-refractivity contribution in [3.05, 3.63) is 52.8 Å². The maximum atomic E-state index is 12.5. The summed E-state index contributed by atoms with van der Waals surface area (Å²) in [6, 6.07) is 8.75. The zero-order valence-corrected chi connectivity index (χ0v) is 12.9. The van der Waals surface area contributed by atoms with Crippen molar-refractivity contribution < 1.29 is 8.42 Å². The second-order valence-corrected chi connectivity index (χ2v) is 7.06. The Balaban J connectivity index is 1.99. The molecule has 1 aliphatic carbocycles. The van der Waals surface area contributed by atoms with Gasteiger partial charge in [-0.25, -0.2) is 13.4 Å². The summed E-state index contributed by atoms with van der Waals surface area (Å²) in [5.74, 6) is 0. The maximum absolute atomic E-state index is 12.5. The second kappa shape index (κ2) is 5.66. The summed E-state index contributed by atoms with van der Waals surface area (Å²) in [6.07, 6.45) is 5.59. The zero-order chi connectivity index (χ0) is 14.9. The minimum atomic E-state index is -3.72. The number of nitrogens with zero attached hydrogens (tertiary/aromatic N) is 1. The van der Waals surface area contributed by atoms with Crippen molar-refractivity contribution in [2.45, 2.75) is 30.6 Å². The van der Waals surface area contributed by atoms with E-state index in [1.54, 1.807) is 12.1 Å². The molecule has 1 N–H and O–H groups in total. The third kappa shape index (κ3) is 2.89. The van der Waals surface area contributed by atoms with E-state index in [9.17, 15) is 8.42 Å². The standard InChI is InChI=1S/C15H15ClN2O2S/c16-15-14(9-4-10-17-15)21(19,20)18-13-8-3-6-11-5-1-2-7-12(11)13/h3-4,6,8-10,18H,1-2,5,7H2. The Kier molecular flexibility index (Phi) is 3.87.